The topological polar surface area (TPSA) is 105 Å². The first-order valence-electron chi connectivity index (χ1n) is 6.56. The minimum Gasteiger partial charge on any atom is -0.350 e. The van der Waals surface area contributed by atoms with Crippen LogP contribution in [0, 0.1) is 13.8 Å². The molecule has 2 heterocycles. The van der Waals surface area contributed by atoms with Crippen molar-refractivity contribution in [3.63, 3.8) is 0 Å². The van der Waals surface area contributed by atoms with Gasteiger partial charge in [-0.1, -0.05) is 0 Å². The molecule has 1 fully saturated rings. The van der Waals surface area contributed by atoms with Crippen molar-refractivity contribution in [3.8, 4) is 0 Å². The van der Waals surface area contributed by atoms with Gasteiger partial charge < -0.3 is 11.1 Å². The Balaban J connectivity index is 0.00000121. The second-order valence-electron chi connectivity index (χ2n) is 5.41. The summed E-state index contributed by atoms with van der Waals surface area (Å²) in [4.78, 5) is 27.6. The van der Waals surface area contributed by atoms with E-state index in [-0.39, 0.29) is 36.3 Å². The van der Waals surface area contributed by atoms with Crippen molar-refractivity contribution < 1.29 is 4.79 Å². The third-order valence-corrected chi connectivity index (χ3v) is 3.87. The van der Waals surface area contributed by atoms with Gasteiger partial charge in [-0.2, -0.15) is 0 Å². The Kier molecular flexibility index (Phi) is 5.27. The fraction of sp³-hybridized carbons (Fsp3) is 0.462. The van der Waals surface area contributed by atoms with Crippen LogP contribution in [-0.4, -0.2) is 26.0 Å². The molecule has 4 N–H and O–H groups in total. The highest BCUT2D eigenvalue weighted by Gasteiger charge is 2.45. The van der Waals surface area contributed by atoms with E-state index in [2.05, 4.69) is 15.4 Å². The van der Waals surface area contributed by atoms with Gasteiger partial charge in [0.2, 0.25) is 5.91 Å². The van der Waals surface area contributed by atoms with Crippen LogP contribution in [0.3, 0.4) is 0 Å². The Labute approximate surface area is 139 Å². The van der Waals surface area contributed by atoms with Gasteiger partial charge in [-0.05, 0) is 26.7 Å². The summed E-state index contributed by atoms with van der Waals surface area (Å²) < 4.78 is 1.63. The summed E-state index contributed by atoms with van der Waals surface area (Å²) in [5.41, 5.74) is 8.09. The van der Waals surface area contributed by atoms with Crippen molar-refractivity contribution in [1.82, 2.24) is 19.9 Å². The van der Waals surface area contributed by atoms with Crippen LogP contribution in [-0.2, 0) is 11.3 Å². The van der Waals surface area contributed by atoms with Gasteiger partial charge in [0, 0.05) is 29.6 Å². The molecule has 0 radical (unpaired) electrons. The van der Waals surface area contributed by atoms with Gasteiger partial charge in [0.25, 0.3) is 5.56 Å². The minimum atomic E-state index is -0.679. The van der Waals surface area contributed by atoms with E-state index in [1.54, 1.807) is 4.52 Å². The van der Waals surface area contributed by atoms with Gasteiger partial charge in [0.15, 0.2) is 5.65 Å². The van der Waals surface area contributed by atoms with Crippen molar-refractivity contribution in [3.05, 3.63) is 33.4 Å². The summed E-state index contributed by atoms with van der Waals surface area (Å²) in [6.45, 7) is 4.11. The number of halogens is 2. The maximum atomic E-state index is 11.9. The lowest BCUT2D eigenvalue weighted by Crippen LogP contribution is -2.42. The number of fused-ring (bicyclic) bond motifs is 1. The highest BCUT2D eigenvalue weighted by atomic mass is 35.5. The van der Waals surface area contributed by atoms with Crippen LogP contribution in [0.2, 0.25) is 0 Å². The lowest BCUT2D eigenvalue weighted by Gasteiger charge is -2.14. The maximum Gasteiger partial charge on any atom is 0.266 e. The minimum absolute atomic E-state index is 0. The maximum absolute atomic E-state index is 11.9. The number of hydrogen-bond donors (Lipinski definition) is 3. The number of H-pyrrole nitrogens is 1. The van der Waals surface area contributed by atoms with E-state index in [0.717, 1.165) is 29.8 Å². The second-order valence-corrected chi connectivity index (χ2v) is 5.41. The number of nitrogens with one attached hydrogen (secondary N) is 2. The molecule has 1 aliphatic rings. The first-order chi connectivity index (χ1) is 9.40. The van der Waals surface area contributed by atoms with Gasteiger partial charge >= 0.3 is 0 Å². The predicted molar refractivity (Wildman–Crippen MR) is 87.8 cm³/mol. The number of hydrogen-bond acceptors (Lipinski definition) is 4. The summed E-state index contributed by atoms with van der Waals surface area (Å²) in [7, 11) is 0. The lowest BCUT2D eigenvalue weighted by atomic mass is 10.1. The average molecular weight is 348 g/mol. The SMILES string of the molecule is Cc1nc2cc(=O)[nH]n2c(C)c1CNC(=O)C1(N)CC1.Cl.Cl. The Hall–Kier alpha value is -1.57. The van der Waals surface area contributed by atoms with E-state index >= 15 is 0 Å². The lowest BCUT2D eigenvalue weighted by molar-refractivity contribution is -0.123. The van der Waals surface area contributed by atoms with Crippen LogP contribution in [0.1, 0.15) is 29.8 Å². The fourth-order valence-corrected chi connectivity index (χ4v) is 2.32. The van der Waals surface area contributed by atoms with Crippen molar-refractivity contribution in [1.29, 1.82) is 0 Å². The molecule has 1 amide bonds. The molecule has 0 spiro atoms. The molecule has 9 heteroatoms. The molecule has 7 nitrogen and oxygen atoms in total. The van der Waals surface area contributed by atoms with Crippen molar-refractivity contribution in [2.75, 3.05) is 0 Å². The monoisotopic (exact) mass is 347 g/mol. The van der Waals surface area contributed by atoms with Crippen LogP contribution < -0.4 is 16.6 Å². The first kappa shape index (κ1) is 18.5. The molecule has 122 valence electrons. The third kappa shape index (κ3) is 3.11. The second kappa shape index (κ2) is 6.28. The number of rotatable bonds is 3. The highest BCUT2D eigenvalue weighted by Crippen LogP contribution is 2.32. The van der Waals surface area contributed by atoms with Crippen molar-refractivity contribution >= 4 is 36.4 Å². The third-order valence-electron chi connectivity index (χ3n) is 3.87. The molecule has 22 heavy (non-hydrogen) atoms. The molecule has 2 aromatic rings. The summed E-state index contributed by atoms with van der Waals surface area (Å²) in [5, 5.41) is 5.53. The number of aromatic nitrogens is 3. The largest absolute Gasteiger partial charge is 0.350 e. The quantitative estimate of drug-likeness (QED) is 0.755. The smallest absolute Gasteiger partial charge is 0.266 e. The van der Waals surface area contributed by atoms with Crippen LogP contribution in [0.25, 0.3) is 5.65 Å². The Morgan fingerprint density at radius 2 is 2.09 bits per heavy atom. The molecule has 2 aromatic heterocycles. The summed E-state index contributed by atoms with van der Waals surface area (Å²) in [6, 6.07) is 1.45. The summed E-state index contributed by atoms with van der Waals surface area (Å²) >= 11 is 0. The number of carbonyl (C=O) groups excluding carboxylic acids is 1. The molecule has 0 atom stereocenters. The molecule has 0 unspecified atom stereocenters. The van der Waals surface area contributed by atoms with Gasteiger partial charge in [0.05, 0.1) is 5.54 Å². The van der Waals surface area contributed by atoms with E-state index in [0.29, 0.717) is 12.2 Å². The summed E-state index contributed by atoms with van der Waals surface area (Å²) in [6.07, 6.45) is 1.47. The highest BCUT2D eigenvalue weighted by molar-refractivity contribution is 5.88. The van der Waals surface area contributed by atoms with Gasteiger partial charge in [-0.25, -0.2) is 9.50 Å². The molecular formula is C13H19Cl2N5O2. The van der Waals surface area contributed by atoms with E-state index in [1.165, 1.54) is 6.07 Å². The zero-order valence-corrected chi connectivity index (χ0v) is 13.9. The Bertz CT molecular complexity index is 764. The van der Waals surface area contributed by atoms with Crippen molar-refractivity contribution in [2.45, 2.75) is 38.8 Å². The van der Waals surface area contributed by atoms with Crippen molar-refractivity contribution in [2.24, 2.45) is 5.73 Å². The average Bonchev–Trinajstić information content (AvgIpc) is 3.02. The van der Waals surface area contributed by atoms with E-state index < -0.39 is 5.54 Å². The molecular weight excluding hydrogens is 329 g/mol. The van der Waals surface area contributed by atoms with Crippen LogP contribution in [0.4, 0.5) is 0 Å². The fourth-order valence-electron chi connectivity index (χ4n) is 2.32. The van der Waals surface area contributed by atoms with E-state index in [4.69, 9.17) is 5.73 Å². The molecule has 0 aliphatic heterocycles. The normalized spacial score (nSPS) is 14.9. The van der Waals surface area contributed by atoms with Crippen LogP contribution in [0.15, 0.2) is 10.9 Å². The standard InChI is InChI=1S/C13H17N5O2.2ClH/c1-7-9(6-15-12(20)13(14)3-4-13)8(2)18-10(16-7)5-11(19)17-18;;/h5H,3-4,6,14H2,1-2H3,(H,15,20)(H,17,19);2*1H. The molecule has 1 aliphatic carbocycles. The predicted octanol–water partition coefficient (Wildman–Crippen LogP) is 0.591. The first-order valence-corrected chi connectivity index (χ1v) is 6.56. The number of amides is 1. The van der Waals surface area contributed by atoms with Gasteiger partial charge in [0.1, 0.15) is 0 Å². The number of carbonyl (C=O) groups is 1. The van der Waals surface area contributed by atoms with E-state index in [1.807, 2.05) is 13.8 Å². The Morgan fingerprint density at radius 1 is 1.45 bits per heavy atom. The molecule has 0 bridgehead atoms. The number of nitrogens with two attached hydrogens (primary N) is 1. The molecule has 1 saturated carbocycles. The molecule has 3 rings (SSSR count). The molecule has 0 aromatic carbocycles. The van der Waals surface area contributed by atoms with Gasteiger partial charge in [-0.15, -0.1) is 24.8 Å². The zero-order chi connectivity index (χ0) is 14.5. The number of aryl methyl sites for hydroxylation is 2. The summed E-state index contributed by atoms with van der Waals surface area (Å²) in [5.74, 6) is -0.127. The van der Waals surface area contributed by atoms with Gasteiger partial charge in [-0.3, -0.25) is 14.7 Å². The van der Waals surface area contributed by atoms with Crippen LogP contribution >= 0.6 is 24.8 Å². The Morgan fingerprint density at radius 3 is 2.68 bits per heavy atom. The van der Waals surface area contributed by atoms with E-state index in [9.17, 15) is 9.59 Å². The molecule has 0 saturated heterocycles. The van der Waals surface area contributed by atoms with Crippen LogP contribution in [0.5, 0.6) is 0 Å². The number of nitrogens with zero attached hydrogens (tertiary/aromatic N) is 2. The number of aromatic amines is 1. The zero-order valence-electron chi connectivity index (χ0n) is 12.3.